The van der Waals surface area contributed by atoms with Gasteiger partial charge in [-0.3, -0.25) is 9.99 Å². The first-order valence-corrected chi connectivity index (χ1v) is 4.39. The minimum atomic E-state index is 0.380. The molecule has 0 bridgehead atoms. The van der Waals surface area contributed by atoms with Gasteiger partial charge in [-0.05, 0) is 30.5 Å². The van der Waals surface area contributed by atoms with Gasteiger partial charge < -0.3 is 0 Å². The zero-order valence-corrected chi connectivity index (χ0v) is 7.26. The van der Waals surface area contributed by atoms with Crippen LogP contribution in [-0.4, -0.2) is 16.0 Å². The van der Waals surface area contributed by atoms with E-state index in [0.29, 0.717) is 12.6 Å². The highest BCUT2D eigenvalue weighted by atomic mass is 16.3. The Bertz CT molecular complexity index is 284. The second-order valence-electron chi connectivity index (χ2n) is 3.27. The summed E-state index contributed by atoms with van der Waals surface area (Å²) in [6.45, 7) is 0.608. The van der Waals surface area contributed by atoms with Gasteiger partial charge in [0.05, 0.1) is 17.9 Å². The van der Waals surface area contributed by atoms with E-state index in [0.717, 1.165) is 18.4 Å². The van der Waals surface area contributed by atoms with Crippen LogP contribution in [0.1, 0.15) is 18.4 Å². The van der Waals surface area contributed by atoms with Crippen molar-refractivity contribution in [2.45, 2.75) is 25.4 Å². The van der Waals surface area contributed by atoms with E-state index in [1.165, 1.54) is 0 Å². The number of hydrogen-bond donors (Lipinski definition) is 0. The van der Waals surface area contributed by atoms with Gasteiger partial charge in [0.15, 0.2) is 0 Å². The van der Waals surface area contributed by atoms with Crippen molar-refractivity contribution >= 4 is 0 Å². The van der Waals surface area contributed by atoms with Gasteiger partial charge in [0.1, 0.15) is 0 Å². The SMILES string of the molecule is O=NN(Cc1ccncc1)C1CC1. The number of nitroso groups, excluding NO2 is 1. The van der Waals surface area contributed by atoms with Crippen molar-refractivity contribution < 1.29 is 0 Å². The molecule has 0 saturated heterocycles. The van der Waals surface area contributed by atoms with Crippen molar-refractivity contribution in [1.82, 2.24) is 9.99 Å². The Morgan fingerprint density at radius 2 is 2.15 bits per heavy atom. The van der Waals surface area contributed by atoms with Crippen LogP contribution in [0.5, 0.6) is 0 Å². The van der Waals surface area contributed by atoms with Crippen molar-refractivity contribution in [3.05, 3.63) is 35.0 Å². The van der Waals surface area contributed by atoms with Gasteiger partial charge in [-0.2, -0.15) is 0 Å². The Labute approximate surface area is 76.5 Å². The molecule has 4 heteroatoms. The number of nitrogens with zero attached hydrogens (tertiary/aromatic N) is 3. The molecule has 0 amide bonds. The highest BCUT2D eigenvalue weighted by Gasteiger charge is 2.29. The molecule has 2 rings (SSSR count). The predicted octanol–water partition coefficient (Wildman–Crippen LogP) is 1.73. The summed E-state index contributed by atoms with van der Waals surface area (Å²) < 4.78 is 0. The summed E-state index contributed by atoms with van der Waals surface area (Å²) in [5.41, 5.74) is 1.08. The molecule has 0 aliphatic heterocycles. The summed E-state index contributed by atoms with van der Waals surface area (Å²) in [7, 11) is 0. The van der Waals surface area contributed by atoms with E-state index < -0.39 is 0 Å². The van der Waals surface area contributed by atoms with Crippen LogP contribution in [0.25, 0.3) is 0 Å². The molecule has 1 aliphatic carbocycles. The van der Waals surface area contributed by atoms with Crippen molar-refractivity contribution in [2.75, 3.05) is 0 Å². The molecule has 0 spiro atoms. The zero-order chi connectivity index (χ0) is 9.10. The minimum absolute atomic E-state index is 0.380. The lowest BCUT2D eigenvalue weighted by Crippen LogP contribution is -2.18. The summed E-state index contributed by atoms with van der Waals surface area (Å²) in [6.07, 6.45) is 5.64. The molecule has 68 valence electrons. The smallest absolute Gasteiger partial charge is 0.0647 e. The quantitative estimate of drug-likeness (QED) is 0.519. The molecule has 4 nitrogen and oxygen atoms in total. The fourth-order valence-corrected chi connectivity index (χ4v) is 1.27. The minimum Gasteiger partial charge on any atom is -0.265 e. The van der Waals surface area contributed by atoms with Gasteiger partial charge in [-0.15, -0.1) is 4.91 Å². The molecule has 1 fully saturated rings. The van der Waals surface area contributed by atoms with Gasteiger partial charge in [0, 0.05) is 12.4 Å². The first kappa shape index (κ1) is 8.16. The molecule has 1 saturated carbocycles. The first-order valence-electron chi connectivity index (χ1n) is 4.39. The second-order valence-corrected chi connectivity index (χ2v) is 3.27. The topological polar surface area (TPSA) is 45.6 Å². The van der Waals surface area contributed by atoms with E-state index in [2.05, 4.69) is 10.3 Å². The Morgan fingerprint density at radius 3 is 2.69 bits per heavy atom. The standard InChI is InChI=1S/C9H11N3O/c13-11-12(9-1-2-9)7-8-3-5-10-6-4-8/h3-6,9H,1-2,7H2. The summed E-state index contributed by atoms with van der Waals surface area (Å²) in [5.74, 6) is 0. The average Bonchev–Trinajstić information content (AvgIpc) is 2.99. The maximum Gasteiger partial charge on any atom is 0.0647 e. The summed E-state index contributed by atoms with van der Waals surface area (Å²) in [5, 5.41) is 4.61. The number of hydrogen-bond acceptors (Lipinski definition) is 3. The van der Waals surface area contributed by atoms with Crippen LogP contribution in [0.2, 0.25) is 0 Å². The lowest BCUT2D eigenvalue weighted by atomic mass is 10.2. The Kier molecular flexibility index (Phi) is 2.21. The van der Waals surface area contributed by atoms with E-state index in [1.807, 2.05) is 12.1 Å². The van der Waals surface area contributed by atoms with Crippen molar-refractivity contribution in [3.8, 4) is 0 Å². The van der Waals surface area contributed by atoms with Gasteiger partial charge in [-0.1, -0.05) is 0 Å². The van der Waals surface area contributed by atoms with Crippen LogP contribution >= 0.6 is 0 Å². The fourth-order valence-electron chi connectivity index (χ4n) is 1.27. The molecule has 1 aliphatic rings. The van der Waals surface area contributed by atoms with Crippen LogP contribution in [0, 0.1) is 4.91 Å². The maximum atomic E-state index is 10.5. The summed E-state index contributed by atoms with van der Waals surface area (Å²) in [4.78, 5) is 14.4. The van der Waals surface area contributed by atoms with E-state index >= 15 is 0 Å². The molecular formula is C9H11N3O. The highest BCUT2D eigenvalue weighted by Crippen LogP contribution is 2.28. The molecule has 1 heterocycles. The van der Waals surface area contributed by atoms with Crippen LogP contribution in [-0.2, 0) is 6.54 Å². The van der Waals surface area contributed by atoms with Crippen molar-refractivity contribution in [1.29, 1.82) is 0 Å². The molecular weight excluding hydrogens is 166 g/mol. The normalized spacial score (nSPS) is 15.4. The molecule has 1 aromatic heterocycles. The Morgan fingerprint density at radius 1 is 1.46 bits per heavy atom. The largest absolute Gasteiger partial charge is 0.265 e. The van der Waals surface area contributed by atoms with Crippen molar-refractivity contribution in [3.63, 3.8) is 0 Å². The molecule has 1 aromatic rings. The average molecular weight is 177 g/mol. The van der Waals surface area contributed by atoms with Gasteiger partial charge in [0.2, 0.25) is 0 Å². The predicted molar refractivity (Wildman–Crippen MR) is 48.6 cm³/mol. The molecule has 0 aromatic carbocycles. The van der Waals surface area contributed by atoms with E-state index in [4.69, 9.17) is 0 Å². The monoisotopic (exact) mass is 177 g/mol. The van der Waals surface area contributed by atoms with Gasteiger partial charge in [0.25, 0.3) is 0 Å². The molecule has 0 unspecified atom stereocenters. The highest BCUT2D eigenvalue weighted by molar-refractivity contribution is 5.09. The Hall–Kier alpha value is -1.45. The molecule has 0 radical (unpaired) electrons. The van der Waals surface area contributed by atoms with Crippen LogP contribution in [0.3, 0.4) is 0 Å². The lowest BCUT2D eigenvalue weighted by molar-refractivity contribution is 0.264. The molecule has 0 atom stereocenters. The summed E-state index contributed by atoms with van der Waals surface area (Å²) >= 11 is 0. The first-order chi connectivity index (χ1) is 6.40. The number of rotatable bonds is 4. The Balaban J connectivity index is 1.99. The third kappa shape index (κ3) is 2.02. The van der Waals surface area contributed by atoms with Gasteiger partial charge in [-0.25, -0.2) is 0 Å². The number of pyridine rings is 1. The van der Waals surface area contributed by atoms with E-state index in [-0.39, 0.29) is 0 Å². The van der Waals surface area contributed by atoms with Crippen molar-refractivity contribution in [2.24, 2.45) is 5.29 Å². The second kappa shape index (κ2) is 3.51. The van der Waals surface area contributed by atoms with Crippen LogP contribution in [0.15, 0.2) is 29.8 Å². The van der Waals surface area contributed by atoms with E-state index in [9.17, 15) is 4.91 Å². The lowest BCUT2D eigenvalue weighted by Gasteiger charge is -2.13. The summed E-state index contributed by atoms with van der Waals surface area (Å²) in [6, 6.07) is 4.19. The van der Waals surface area contributed by atoms with Crippen LogP contribution < -0.4 is 0 Å². The third-order valence-electron chi connectivity index (χ3n) is 2.17. The van der Waals surface area contributed by atoms with Gasteiger partial charge >= 0.3 is 0 Å². The van der Waals surface area contributed by atoms with E-state index in [1.54, 1.807) is 17.4 Å². The van der Waals surface area contributed by atoms with Crippen LogP contribution in [0.4, 0.5) is 0 Å². The zero-order valence-electron chi connectivity index (χ0n) is 7.26. The fraction of sp³-hybridized carbons (Fsp3) is 0.444. The number of aromatic nitrogens is 1. The maximum absolute atomic E-state index is 10.5. The molecule has 0 N–H and O–H groups in total. The molecule has 13 heavy (non-hydrogen) atoms. The third-order valence-corrected chi connectivity index (χ3v) is 2.17.